The predicted molar refractivity (Wildman–Crippen MR) is 33.3 cm³/mol. The molecule has 0 atom stereocenters. The summed E-state index contributed by atoms with van der Waals surface area (Å²) in [7, 11) is 0. The van der Waals surface area contributed by atoms with Crippen LogP contribution < -0.4 is 0 Å². The Bertz CT molecular complexity index is 130. The van der Waals surface area contributed by atoms with Crippen molar-refractivity contribution in [1.29, 1.82) is 0 Å². The molecular weight excluding hydrogens is 144 g/mol. The minimum absolute atomic E-state index is 0.0270. The zero-order chi connectivity index (χ0) is 7.28. The average molecular weight is 151 g/mol. The highest BCUT2D eigenvalue weighted by Crippen LogP contribution is 2.01. The topological polar surface area (TPSA) is 57.5 Å². The quantitative estimate of drug-likeness (QED) is 0.579. The van der Waals surface area contributed by atoms with E-state index in [0.29, 0.717) is 0 Å². The summed E-state index contributed by atoms with van der Waals surface area (Å²) in [6, 6.07) is 0. The van der Waals surface area contributed by atoms with Crippen LogP contribution in [-0.2, 0) is 4.79 Å². The van der Waals surface area contributed by atoms with E-state index in [-0.39, 0.29) is 18.6 Å². The second kappa shape index (κ2) is 4.35. The van der Waals surface area contributed by atoms with Gasteiger partial charge in [0.05, 0.1) is 5.57 Å². The van der Waals surface area contributed by atoms with Crippen LogP contribution >= 0.6 is 11.6 Å². The summed E-state index contributed by atoms with van der Waals surface area (Å²) in [6.45, 7) is -0.190. The maximum atomic E-state index is 10.1. The Hall–Kier alpha value is -0.540. The Morgan fingerprint density at radius 3 is 2.33 bits per heavy atom. The van der Waals surface area contributed by atoms with Crippen LogP contribution in [0.25, 0.3) is 0 Å². The van der Waals surface area contributed by atoms with Gasteiger partial charge in [-0.2, -0.15) is 0 Å². The van der Waals surface area contributed by atoms with Crippen LogP contribution in [0.5, 0.6) is 0 Å². The predicted octanol–water partition coefficient (Wildman–Crippen LogP) is 0.576. The standard InChI is InChI=1S/C5H7ClO3/c6-3-4(1-2-7)5(8)9/h3,7H,1-2H2,(H,8,9). The molecule has 4 heteroatoms. The average Bonchev–Trinajstić information content (AvgIpc) is 1.82. The third-order valence-electron chi connectivity index (χ3n) is 0.788. The molecule has 0 aliphatic heterocycles. The first kappa shape index (κ1) is 8.46. The minimum Gasteiger partial charge on any atom is -0.478 e. The van der Waals surface area contributed by atoms with Crippen LogP contribution in [0.3, 0.4) is 0 Å². The van der Waals surface area contributed by atoms with E-state index in [2.05, 4.69) is 0 Å². The molecular formula is C5H7ClO3. The number of carboxylic acid groups (broad SMARTS) is 1. The molecule has 0 bridgehead atoms. The van der Waals surface area contributed by atoms with Crippen molar-refractivity contribution < 1.29 is 15.0 Å². The van der Waals surface area contributed by atoms with Gasteiger partial charge in [0, 0.05) is 18.6 Å². The molecule has 0 aliphatic rings. The summed E-state index contributed by atoms with van der Waals surface area (Å²) >= 11 is 5.09. The minimum atomic E-state index is -1.08. The highest BCUT2D eigenvalue weighted by molar-refractivity contribution is 6.27. The molecule has 0 aliphatic carbocycles. The molecule has 0 amide bonds. The van der Waals surface area contributed by atoms with E-state index in [4.69, 9.17) is 21.8 Å². The number of aliphatic carboxylic acids is 1. The van der Waals surface area contributed by atoms with Crippen LogP contribution in [0.15, 0.2) is 11.1 Å². The van der Waals surface area contributed by atoms with Crippen molar-refractivity contribution in [2.75, 3.05) is 6.61 Å². The summed E-state index contributed by atoms with van der Waals surface area (Å²) < 4.78 is 0. The van der Waals surface area contributed by atoms with E-state index in [1.54, 1.807) is 0 Å². The first-order valence-corrected chi connectivity index (χ1v) is 2.79. The number of aliphatic hydroxyl groups is 1. The van der Waals surface area contributed by atoms with Gasteiger partial charge in [-0.25, -0.2) is 4.79 Å². The molecule has 0 aromatic rings. The summed E-state index contributed by atoms with van der Waals surface area (Å²) in [6.07, 6.45) is 0.0961. The fourth-order valence-electron chi connectivity index (χ4n) is 0.329. The summed E-state index contributed by atoms with van der Waals surface area (Å²) in [5.41, 5.74) is 0.984. The molecule has 0 aromatic heterocycles. The van der Waals surface area contributed by atoms with Crippen molar-refractivity contribution in [3.63, 3.8) is 0 Å². The lowest BCUT2D eigenvalue weighted by molar-refractivity contribution is -0.132. The molecule has 0 rings (SSSR count). The molecule has 2 N–H and O–H groups in total. The lowest BCUT2D eigenvalue weighted by Gasteiger charge is -1.93. The highest BCUT2D eigenvalue weighted by atomic mass is 35.5. The zero-order valence-electron chi connectivity index (χ0n) is 4.67. The van der Waals surface area contributed by atoms with E-state index >= 15 is 0 Å². The molecule has 0 fully saturated rings. The largest absolute Gasteiger partial charge is 0.478 e. The molecule has 3 nitrogen and oxygen atoms in total. The van der Waals surface area contributed by atoms with Gasteiger partial charge in [0.2, 0.25) is 0 Å². The van der Waals surface area contributed by atoms with E-state index in [1.165, 1.54) is 0 Å². The lowest BCUT2D eigenvalue weighted by atomic mass is 10.2. The van der Waals surface area contributed by atoms with Crippen LogP contribution in [-0.4, -0.2) is 22.8 Å². The lowest BCUT2D eigenvalue weighted by Crippen LogP contribution is -2.01. The number of carboxylic acids is 1. The summed E-state index contributed by atoms with van der Waals surface area (Å²) in [4.78, 5) is 10.1. The fourth-order valence-corrected chi connectivity index (χ4v) is 0.531. The molecule has 0 saturated heterocycles. The Morgan fingerprint density at radius 1 is 1.67 bits per heavy atom. The van der Waals surface area contributed by atoms with Crippen LogP contribution in [0.2, 0.25) is 0 Å². The third kappa shape index (κ3) is 3.11. The zero-order valence-corrected chi connectivity index (χ0v) is 5.43. The van der Waals surface area contributed by atoms with Gasteiger partial charge in [-0.05, 0) is 0 Å². The Morgan fingerprint density at radius 2 is 2.22 bits per heavy atom. The summed E-state index contributed by atoms with van der Waals surface area (Å²) in [5, 5.41) is 16.5. The normalized spacial score (nSPS) is 11.6. The van der Waals surface area contributed by atoms with E-state index < -0.39 is 5.97 Å². The molecule has 0 radical (unpaired) electrons. The van der Waals surface area contributed by atoms with Gasteiger partial charge < -0.3 is 10.2 Å². The number of aliphatic hydroxyl groups excluding tert-OH is 1. The monoisotopic (exact) mass is 150 g/mol. The van der Waals surface area contributed by atoms with Crippen LogP contribution in [0.1, 0.15) is 6.42 Å². The first-order valence-electron chi connectivity index (χ1n) is 2.35. The number of halogens is 1. The van der Waals surface area contributed by atoms with E-state index in [1.807, 2.05) is 0 Å². The number of hydrogen-bond donors (Lipinski definition) is 2. The molecule has 52 valence electrons. The SMILES string of the molecule is O=C(O)C(=CCl)CCO. The second-order valence-corrected chi connectivity index (χ2v) is 1.63. The Kier molecular flexibility index (Phi) is 4.09. The third-order valence-corrected chi connectivity index (χ3v) is 1.05. The number of carbonyl (C=O) groups is 1. The van der Waals surface area contributed by atoms with Crippen LogP contribution in [0, 0.1) is 0 Å². The smallest absolute Gasteiger partial charge is 0.332 e. The van der Waals surface area contributed by atoms with Crippen molar-refractivity contribution >= 4 is 17.6 Å². The molecule has 0 unspecified atom stereocenters. The Labute approximate surface area is 57.6 Å². The highest BCUT2D eigenvalue weighted by Gasteiger charge is 2.03. The van der Waals surface area contributed by atoms with E-state index in [9.17, 15) is 4.79 Å². The first-order chi connectivity index (χ1) is 4.22. The molecule has 0 heterocycles. The van der Waals surface area contributed by atoms with Crippen molar-refractivity contribution in [2.24, 2.45) is 0 Å². The van der Waals surface area contributed by atoms with Gasteiger partial charge in [-0.15, -0.1) is 0 Å². The maximum Gasteiger partial charge on any atom is 0.332 e. The van der Waals surface area contributed by atoms with Crippen molar-refractivity contribution in [3.8, 4) is 0 Å². The van der Waals surface area contributed by atoms with E-state index in [0.717, 1.165) is 5.54 Å². The molecule has 0 saturated carbocycles. The van der Waals surface area contributed by atoms with Crippen molar-refractivity contribution in [3.05, 3.63) is 11.1 Å². The van der Waals surface area contributed by atoms with Crippen LogP contribution in [0.4, 0.5) is 0 Å². The summed E-state index contributed by atoms with van der Waals surface area (Å²) in [5.74, 6) is -1.08. The number of rotatable bonds is 3. The van der Waals surface area contributed by atoms with Gasteiger partial charge in [0.25, 0.3) is 0 Å². The molecule has 0 spiro atoms. The maximum absolute atomic E-state index is 10.1. The van der Waals surface area contributed by atoms with Crippen molar-refractivity contribution in [1.82, 2.24) is 0 Å². The van der Waals surface area contributed by atoms with Gasteiger partial charge in [0.1, 0.15) is 0 Å². The van der Waals surface area contributed by atoms with Gasteiger partial charge in [-0.1, -0.05) is 11.6 Å². The molecule has 0 aromatic carbocycles. The second-order valence-electron chi connectivity index (χ2n) is 1.41. The van der Waals surface area contributed by atoms with Gasteiger partial charge in [-0.3, -0.25) is 0 Å². The Balaban J connectivity index is 3.85. The fraction of sp³-hybridized carbons (Fsp3) is 0.400. The van der Waals surface area contributed by atoms with Crippen molar-refractivity contribution in [2.45, 2.75) is 6.42 Å². The van der Waals surface area contributed by atoms with Gasteiger partial charge in [0.15, 0.2) is 0 Å². The number of hydrogen-bond acceptors (Lipinski definition) is 2. The molecule has 9 heavy (non-hydrogen) atoms. The van der Waals surface area contributed by atoms with Gasteiger partial charge >= 0.3 is 5.97 Å².